The van der Waals surface area contributed by atoms with E-state index < -0.39 is 10.0 Å². The zero-order valence-electron chi connectivity index (χ0n) is 12.2. The Bertz CT molecular complexity index is 777. The van der Waals surface area contributed by atoms with Crippen molar-refractivity contribution in [2.45, 2.75) is 11.9 Å². The van der Waals surface area contributed by atoms with Crippen molar-refractivity contribution in [2.75, 3.05) is 13.2 Å². The molecule has 1 atom stereocenters. The van der Waals surface area contributed by atoms with Gasteiger partial charge in [0.1, 0.15) is 12.7 Å². The summed E-state index contributed by atoms with van der Waals surface area (Å²) in [6.07, 6.45) is -0.343. The van der Waals surface area contributed by atoms with Gasteiger partial charge in [-0.25, -0.2) is 13.1 Å². The summed E-state index contributed by atoms with van der Waals surface area (Å²) in [5.41, 5.74) is 0.729. The molecule has 23 heavy (non-hydrogen) atoms. The van der Waals surface area contributed by atoms with Crippen LogP contribution in [0.1, 0.15) is 5.56 Å². The number of sulfonamides is 1. The Balaban J connectivity index is 1.56. The summed E-state index contributed by atoms with van der Waals surface area (Å²) in [5, 5.41) is 0. The van der Waals surface area contributed by atoms with Crippen LogP contribution in [0.3, 0.4) is 0 Å². The van der Waals surface area contributed by atoms with Gasteiger partial charge in [0.25, 0.3) is 0 Å². The molecule has 1 aliphatic rings. The van der Waals surface area contributed by atoms with Crippen molar-refractivity contribution in [3.63, 3.8) is 0 Å². The molecule has 0 radical (unpaired) electrons. The van der Waals surface area contributed by atoms with Crippen LogP contribution in [0.25, 0.3) is 0 Å². The first-order chi connectivity index (χ1) is 11.0. The number of nitrogens with one attached hydrogen (secondary N) is 1. The molecule has 0 spiro atoms. The van der Waals surface area contributed by atoms with E-state index in [1.54, 1.807) is 18.2 Å². The van der Waals surface area contributed by atoms with Crippen molar-refractivity contribution in [3.8, 4) is 11.5 Å². The van der Waals surface area contributed by atoms with Gasteiger partial charge in [0.05, 0.1) is 12.3 Å². The molecule has 122 valence electrons. The number of hydrogen-bond acceptors (Lipinski definition) is 4. The maximum absolute atomic E-state index is 12.2. The van der Waals surface area contributed by atoms with Crippen molar-refractivity contribution >= 4 is 26.0 Å². The van der Waals surface area contributed by atoms with Gasteiger partial charge in [-0.15, -0.1) is 0 Å². The van der Waals surface area contributed by atoms with E-state index in [9.17, 15) is 8.42 Å². The molecule has 0 bridgehead atoms. The molecule has 7 heteroatoms. The van der Waals surface area contributed by atoms with Gasteiger partial charge in [-0.1, -0.05) is 40.2 Å². The predicted octanol–water partition coefficient (Wildman–Crippen LogP) is 2.71. The topological polar surface area (TPSA) is 64.6 Å². The number of halogens is 1. The molecule has 1 aliphatic heterocycles. The average molecular weight is 398 g/mol. The Labute approximate surface area is 143 Å². The Morgan fingerprint density at radius 3 is 2.52 bits per heavy atom. The van der Waals surface area contributed by atoms with Crippen molar-refractivity contribution in [2.24, 2.45) is 0 Å². The molecular formula is C16H16BrNO4S. The standard InChI is InChI=1S/C16H16BrNO4S/c17-13-7-5-12(6-8-13)11-23(19,20)18-9-14-10-21-15-3-1-2-4-16(15)22-14/h1-8,14,18H,9-11H2. The molecule has 0 saturated carbocycles. The molecular weight excluding hydrogens is 382 g/mol. The second-order valence-electron chi connectivity index (χ2n) is 5.23. The lowest BCUT2D eigenvalue weighted by Crippen LogP contribution is -2.41. The molecule has 0 aromatic heterocycles. The quantitative estimate of drug-likeness (QED) is 0.842. The second kappa shape index (κ2) is 6.90. The highest BCUT2D eigenvalue weighted by Crippen LogP contribution is 2.30. The van der Waals surface area contributed by atoms with E-state index in [4.69, 9.17) is 9.47 Å². The van der Waals surface area contributed by atoms with Gasteiger partial charge in [0.15, 0.2) is 11.5 Å². The monoisotopic (exact) mass is 397 g/mol. The zero-order chi connectivity index (χ0) is 16.3. The van der Waals surface area contributed by atoms with Gasteiger partial charge in [-0.05, 0) is 29.8 Å². The molecule has 3 rings (SSSR count). The van der Waals surface area contributed by atoms with E-state index in [-0.39, 0.29) is 18.4 Å². The van der Waals surface area contributed by atoms with Crippen LogP contribution in [-0.4, -0.2) is 27.7 Å². The normalized spacial score (nSPS) is 17.0. The predicted molar refractivity (Wildman–Crippen MR) is 91.1 cm³/mol. The maximum Gasteiger partial charge on any atom is 0.215 e. The zero-order valence-corrected chi connectivity index (χ0v) is 14.6. The van der Waals surface area contributed by atoms with Gasteiger partial charge in [-0.3, -0.25) is 0 Å². The summed E-state index contributed by atoms with van der Waals surface area (Å²) in [4.78, 5) is 0. The fourth-order valence-corrected chi connectivity index (χ4v) is 3.67. The molecule has 0 saturated heterocycles. The Hall–Kier alpha value is -1.57. The summed E-state index contributed by atoms with van der Waals surface area (Å²) >= 11 is 3.33. The summed E-state index contributed by atoms with van der Waals surface area (Å²) in [6, 6.07) is 14.5. The lowest BCUT2D eigenvalue weighted by molar-refractivity contribution is 0.0943. The van der Waals surface area contributed by atoms with Crippen molar-refractivity contribution in [3.05, 3.63) is 58.6 Å². The van der Waals surface area contributed by atoms with Gasteiger partial charge >= 0.3 is 0 Å². The number of benzene rings is 2. The third kappa shape index (κ3) is 4.46. The van der Waals surface area contributed by atoms with Crippen LogP contribution in [0.2, 0.25) is 0 Å². The number of ether oxygens (including phenoxy) is 2. The summed E-state index contributed by atoms with van der Waals surface area (Å²) < 4.78 is 39.1. The molecule has 0 aliphatic carbocycles. The molecule has 2 aromatic rings. The number of fused-ring (bicyclic) bond motifs is 1. The van der Waals surface area contributed by atoms with Crippen LogP contribution in [0, 0.1) is 0 Å². The van der Waals surface area contributed by atoms with Crippen LogP contribution in [0.4, 0.5) is 0 Å². The Morgan fingerprint density at radius 1 is 1.09 bits per heavy atom. The van der Waals surface area contributed by atoms with Crippen molar-refractivity contribution in [1.82, 2.24) is 4.72 Å². The molecule has 0 amide bonds. The second-order valence-corrected chi connectivity index (χ2v) is 7.95. The van der Waals surface area contributed by atoms with E-state index >= 15 is 0 Å². The van der Waals surface area contributed by atoms with Crippen LogP contribution in [0.15, 0.2) is 53.0 Å². The van der Waals surface area contributed by atoms with Crippen LogP contribution in [-0.2, 0) is 15.8 Å². The van der Waals surface area contributed by atoms with Gasteiger partial charge in [-0.2, -0.15) is 0 Å². The molecule has 0 fully saturated rings. The molecule has 1 heterocycles. The molecule has 5 nitrogen and oxygen atoms in total. The molecule has 1 unspecified atom stereocenters. The average Bonchev–Trinajstić information content (AvgIpc) is 2.55. The van der Waals surface area contributed by atoms with Gasteiger partial charge < -0.3 is 9.47 Å². The highest BCUT2D eigenvalue weighted by Gasteiger charge is 2.22. The maximum atomic E-state index is 12.2. The van der Waals surface area contributed by atoms with E-state index in [1.165, 1.54) is 0 Å². The van der Waals surface area contributed by atoms with E-state index in [0.717, 1.165) is 10.0 Å². The number of para-hydroxylation sites is 2. The summed E-state index contributed by atoms with van der Waals surface area (Å²) in [6.45, 7) is 0.491. The fourth-order valence-electron chi connectivity index (χ4n) is 2.23. The van der Waals surface area contributed by atoms with Gasteiger partial charge in [0.2, 0.25) is 10.0 Å². The number of hydrogen-bond donors (Lipinski definition) is 1. The van der Waals surface area contributed by atoms with Crippen molar-refractivity contribution < 1.29 is 17.9 Å². The highest BCUT2D eigenvalue weighted by molar-refractivity contribution is 9.10. The first-order valence-electron chi connectivity index (χ1n) is 7.12. The number of rotatable bonds is 5. The van der Waals surface area contributed by atoms with E-state index in [2.05, 4.69) is 20.7 Å². The van der Waals surface area contributed by atoms with Gasteiger partial charge in [0, 0.05) is 4.47 Å². The third-order valence-electron chi connectivity index (χ3n) is 3.37. The fraction of sp³-hybridized carbons (Fsp3) is 0.250. The van der Waals surface area contributed by atoms with Crippen LogP contribution < -0.4 is 14.2 Å². The Kier molecular flexibility index (Phi) is 4.89. The minimum Gasteiger partial charge on any atom is -0.486 e. The molecule has 1 N–H and O–H groups in total. The van der Waals surface area contributed by atoms with Crippen LogP contribution in [0.5, 0.6) is 11.5 Å². The smallest absolute Gasteiger partial charge is 0.215 e. The van der Waals surface area contributed by atoms with E-state index in [1.807, 2.05) is 30.3 Å². The van der Waals surface area contributed by atoms with E-state index in [0.29, 0.717) is 18.1 Å². The third-order valence-corrected chi connectivity index (χ3v) is 5.22. The minimum absolute atomic E-state index is 0.0650. The highest BCUT2D eigenvalue weighted by atomic mass is 79.9. The van der Waals surface area contributed by atoms with Crippen LogP contribution >= 0.6 is 15.9 Å². The first-order valence-corrected chi connectivity index (χ1v) is 9.57. The molecule has 2 aromatic carbocycles. The Morgan fingerprint density at radius 2 is 1.78 bits per heavy atom. The summed E-state index contributed by atoms with van der Waals surface area (Å²) in [5.74, 6) is 1.25. The lowest BCUT2D eigenvalue weighted by atomic mass is 10.2. The minimum atomic E-state index is -3.43. The largest absolute Gasteiger partial charge is 0.486 e. The van der Waals surface area contributed by atoms with Crippen molar-refractivity contribution in [1.29, 1.82) is 0 Å². The summed E-state index contributed by atoms with van der Waals surface area (Å²) in [7, 11) is -3.43. The lowest BCUT2D eigenvalue weighted by Gasteiger charge is -2.26. The SMILES string of the molecule is O=S(=O)(Cc1ccc(Br)cc1)NCC1COc2ccccc2O1. The first kappa shape index (κ1) is 16.3.